The van der Waals surface area contributed by atoms with E-state index in [4.69, 9.17) is 0 Å². The predicted octanol–water partition coefficient (Wildman–Crippen LogP) is 1.96. The molecule has 0 radical (unpaired) electrons. The molecule has 1 saturated heterocycles. The van der Waals surface area contributed by atoms with Crippen LogP contribution in [0.5, 0.6) is 0 Å². The summed E-state index contributed by atoms with van der Waals surface area (Å²) in [6.07, 6.45) is 6.54. The number of carbonyl (C=O) groups excluding carboxylic acids is 1. The van der Waals surface area contributed by atoms with Gasteiger partial charge in [-0.15, -0.1) is 24.8 Å². The Balaban J connectivity index is 0.00000110. The molecule has 0 atom stereocenters. The van der Waals surface area contributed by atoms with Gasteiger partial charge in [0, 0.05) is 30.9 Å². The number of piperidine rings is 1. The minimum absolute atomic E-state index is 0. The molecule has 1 saturated carbocycles. The number of aromatic amines is 1. The Hall–Kier alpha value is -0.780. The van der Waals surface area contributed by atoms with E-state index in [-0.39, 0.29) is 30.7 Å². The van der Waals surface area contributed by atoms with Crippen molar-refractivity contribution in [3.63, 3.8) is 0 Å². The summed E-state index contributed by atoms with van der Waals surface area (Å²) >= 11 is 0. The van der Waals surface area contributed by atoms with Gasteiger partial charge in [-0.2, -0.15) is 5.10 Å². The fourth-order valence-electron chi connectivity index (χ4n) is 2.75. The molecule has 2 N–H and O–H groups in total. The molecule has 21 heavy (non-hydrogen) atoms. The maximum absolute atomic E-state index is 12.0. The van der Waals surface area contributed by atoms with Crippen LogP contribution in [0.4, 0.5) is 0 Å². The van der Waals surface area contributed by atoms with E-state index >= 15 is 0 Å². The maximum Gasteiger partial charge on any atom is 0.236 e. The first-order valence-corrected chi connectivity index (χ1v) is 7.30. The van der Waals surface area contributed by atoms with Crippen LogP contribution >= 0.6 is 24.8 Å². The predicted molar refractivity (Wildman–Crippen MR) is 87.2 cm³/mol. The SMILES string of the molecule is Cl.Cl.O=C(CNCC1CC1)N1CCC(c2ccn[nH]2)CC1. The van der Waals surface area contributed by atoms with Gasteiger partial charge in [-0.05, 0) is 44.2 Å². The highest BCUT2D eigenvalue weighted by Crippen LogP contribution is 2.28. The number of nitrogens with one attached hydrogen (secondary N) is 2. The molecule has 0 unspecified atom stereocenters. The molecular weight excluding hydrogens is 311 g/mol. The number of hydrogen-bond acceptors (Lipinski definition) is 3. The summed E-state index contributed by atoms with van der Waals surface area (Å²) in [5.74, 6) is 1.62. The highest BCUT2D eigenvalue weighted by molar-refractivity contribution is 5.85. The quantitative estimate of drug-likeness (QED) is 0.865. The fourth-order valence-corrected chi connectivity index (χ4v) is 2.75. The number of hydrogen-bond donors (Lipinski definition) is 2. The molecule has 1 amide bonds. The van der Waals surface area contributed by atoms with Gasteiger partial charge in [0.05, 0.1) is 6.54 Å². The normalized spacial score (nSPS) is 18.8. The molecular formula is C14H24Cl2N4O. The minimum Gasteiger partial charge on any atom is -0.342 e. The van der Waals surface area contributed by atoms with Gasteiger partial charge in [-0.25, -0.2) is 0 Å². The van der Waals surface area contributed by atoms with Crippen molar-refractivity contribution in [1.29, 1.82) is 0 Å². The molecule has 3 rings (SSSR count). The third-order valence-electron chi connectivity index (χ3n) is 4.22. The number of likely N-dealkylation sites (tertiary alicyclic amines) is 1. The first kappa shape index (κ1) is 18.3. The highest BCUT2D eigenvalue weighted by atomic mass is 35.5. The zero-order valence-corrected chi connectivity index (χ0v) is 13.7. The van der Waals surface area contributed by atoms with E-state index in [9.17, 15) is 4.79 Å². The summed E-state index contributed by atoms with van der Waals surface area (Å²) in [5, 5.41) is 10.3. The molecule has 2 aliphatic rings. The van der Waals surface area contributed by atoms with Crippen molar-refractivity contribution in [2.45, 2.75) is 31.6 Å². The standard InChI is InChI=1S/C14H22N4O.2ClH/c19-14(10-15-9-11-1-2-11)18-7-4-12(5-8-18)13-3-6-16-17-13;;/h3,6,11-12,15H,1-2,4-5,7-10H2,(H,16,17);2*1H. The summed E-state index contributed by atoms with van der Waals surface area (Å²) in [6, 6.07) is 2.04. The van der Waals surface area contributed by atoms with Crippen LogP contribution in [-0.2, 0) is 4.79 Å². The van der Waals surface area contributed by atoms with E-state index in [1.165, 1.54) is 18.5 Å². The fraction of sp³-hybridized carbons (Fsp3) is 0.714. The van der Waals surface area contributed by atoms with Crippen molar-refractivity contribution in [3.8, 4) is 0 Å². The van der Waals surface area contributed by atoms with Crippen LogP contribution in [0.25, 0.3) is 0 Å². The molecule has 5 nitrogen and oxygen atoms in total. The van der Waals surface area contributed by atoms with Gasteiger partial charge in [0.15, 0.2) is 0 Å². The van der Waals surface area contributed by atoms with Crippen molar-refractivity contribution in [1.82, 2.24) is 20.4 Å². The van der Waals surface area contributed by atoms with E-state index < -0.39 is 0 Å². The number of rotatable bonds is 5. The van der Waals surface area contributed by atoms with Crippen LogP contribution < -0.4 is 5.32 Å². The second-order valence-electron chi connectivity index (χ2n) is 5.74. The first-order valence-electron chi connectivity index (χ1n) is 7.30. The second-order valence-corrected chi connectivity index (χ2v) is 5.74. The number of nitrogens with zero attached hydrogens (tertiary/aromatic N) is 2. The summed E-state index contributed by atoms with van der Waals surface area (Å²) in [6.45, 7) is 3.25. The summed E-state index contributed by atoms with van der Waals surface area (Å²) in [5.41, 5.74) is 1.21. The molecule has 120 valence electrons. The van der Waals surface area contributed by atoms with Crippen molar-refractivity contribution >= 4 is 30.7 Å². The van der Waals surface area contributed by atoms with E-state index in [1.54, 1.807) is 6.20 Å². The number of carbonyl (C=O) groups is 1. The molecule has 0 aromatic carbocycles. The van der Waals surface area contributed by atoms with Gasteiger partial charge in [-0.3, -0.25) is 9.89 Å². The molecule has 1 aromatic heterocycles. The van der Waals surface area contributed by atoms with Gasteiger partial charge in [-0.1, -0.05) is 0 Å². The lowest BCUT2D eigenvalue weighted by Gasteiger charge is -2.31. The average Bonchev–Trinajstić information content (AvgIpc) is 3.10. The second kappa shape index (κ2) is 8.61. The van der Waals surface area contributed by atoms with Crippen molar-refractivity contribution < 1.29 is 4.79 Å². The number of amides is 1. The van der Waals surface area contributed by atoms with Gasteiger partial charge in [0.2, 0.25) is 5.91 Å². The van der Waals surface area contributed by atoms with Crippen LogP contribution in [0.15, 0.2) is 12.3 Å². The number of H-pyrrole nitrogens is 1. The lowest BCUT2D eigenvalue weighted by molar-refractivity contribution is -0.131. The Morgan fingerprint density at radius 3 is 2.57 bits per heavy atom. The van der Waals surface area contributed by atoms with Crippen LogP contribution in [0.3, 0.4) is 0 Å². The molecule has 0 bridgehead atoms. The van der Waals surface area contributed by atoms with Crippen LogP contribution in [0.1, 0.15) is 37.3 Å². The van der Waals surface area contributed by atoms with Gasteiger partial charge >= 0.3 is 0 Å². The Labute approximate surface area is 138 Å². The monoisotopic (exact) mass is 334 g/mol. The van der Waals surface area contributed by atoms with Crippen LogP contribution in [0, 0.1) is 5.92 Å². The maximum atomic E-state index is 12.0. The van der Waals surface area contributed by atoms with E-state index in [0.717, 1.165) is 38.4 Å². The largest absolute Gasteiger partial charge is 0.342 e. The van der Waals surface area contributed by atoms with Gasteiger partial charge < -0.3 is 10.2 Å². The third kappa shape index (κ3) is 5.16. The molecule has 0 spiro atoms. The van der Waals surface area contributed by atoms with Crippen LogP contribution in [0.2, 0.25) is 0 Å². The Bertz CT molecular complexity index is 415. The Morgan fingerprint density at radius 2 is 2.00 bits per heavy atom. The number of aromatic nitrogens is 2. The summed E-state index contributed by atoms with van der Waals surface area (Å²) in [4.78, 5) is 14.0. The minimum atomic E-state index is 0. The molecule has 2 fully saturated rings. The molecule has 1 aliphatic carbocycles. The first-order chi connectivity index (χ1) is 9.33. The molecule has 1 aliphatic heterocycles. The lowest BCUT2D eigenvalue weighted by atomic mass is 9.94. The average molecular weight is 335 g/mol. The zero-order chi connectivity index (χ0) is 13.1. The zero-order valence-electron chi connectivity index (χ0n) is 12.1. The van der Waals surface area contributed by atoms with E-state index in [0.29, 0.717) is 12.5 Å². The van der Waals surface area contributed by atoms with E-state index in [1.807, 2.05) is 11.0 Å². The van der Waals surface area contributed by atoms with Crippen molar-refractivity contribution in [2.24, 2.45) is 5.92 Å². The van der Waals surface area contributed by atoms with Gasteiger partial charge in [0.25, 0.3) is 0 Å². The number of halogens is 2. The molecule has 2 heterocycles. The van der Waals surface area contributed by atoms with Crippen molar-refractivity contribution in [2.75, 3.05) is 26.2 Å². The van der Waals surface area contributed by atoms with Crippen molar-refractivity contribution in [3.05, 3.63) is 18.0 Å². The van der Waals surface area contributed by atoms with Crippen LogP contribution in [-0.4, -0.2) is 47.2 Å². The Morgan fingerprint density at radius 1 is 1.29 bits per heavy atom. The third-order valence-corrected chi connectivity index (χ3v) is 4.22. The summed E-state index contributed by atoms with van der Waals surface area (Å²) in [7, 11) is 0. The highest BCUT2D eigenvalue weighted by Gasteiger charge is 2.25. The lowest BCUT2D eigenvalue weighted by Crippen LogP contribution is -2.42. The smallest absolute Gasteiger partial charge is 0.236 e. The van der Waals surface area contributed by atoms with E-state index in [2.05, 4.69) is 15.5 Å². The molecule has 7 heteroatoms. The summed E-state index contributed by atoms with van der Waals surface area (Å²) < 4.78 is 0. The Kier molecular flexibility index (Phi) is 7.49. The molecule has 1 aromatic rings. The topological polar surface area (TPSA) is 61.0 Å². The van der Waals surface area contributed by atoms with Gasteiger partial charge in [0.1, 0.15) is 0 Å².